The lowest BCUT2D eigenvalue weighted by atomic mass is 9.69. The number of esters is 1. The van der Waals surface area contributed by atoms with Gasteiger partial charge in [-0.3, -0.25) is 4.79 Å². The van der Waals surface area contributed by atoms with Crippen molar-refractivity contribution in [2.24, 2.45) is 11.8 Å². The summed E-state index contributed by atoms with van der Waals surface area (Å²) in [4.78, 5) is 25.9. The van der Waals surface area contributed by atoms with E-state index in [0.29, 0.717) is 13.2 Å². The summed E-state index contributed by atoms with van der Waals surface area (Å²) in [7, 11) is 1.65. The second kappa shape index (κ2) is 4.77. The molecule has 0 aromatic carbocycles. The molecule has 0 saturated carbocycles. The quantitative estimate of drug-likeness (QED) is 0.441. The summed E-state index contributed by atoms with van der Waals surface area (Å²) in [6.45, 7) is 4.64. The van der Waals surface area contributed by atoms with Gasteiger partial charge in [-0.2, -0.15) is 0 Å². The number of nitrogens with zero attached hydrogens (tertiary/aromatic N) is 1. The van der Waals surface area contributed by atoms with Crippen molar-refractivity contribution in [3.8, 4) is 0 Å². The number of hydrogen-bond acceptors (Lipinski definition) is 5. The summed E-state index contributed by atoms with van der Waals surface area (Å²) in [5, 5.41) is 0. The molecule has 20 heavy (non-hydrogen) atoms. The molecule has 0 aromatic rings. The third-order valence-corrected chi connectivity index (χ3v) is 6.17. The monoisotopic (exact) mass is 297 g/mol. The number of methoxy groups -OCH3 is 1. The first-order valence-electron chi connectivity index (χ1n) is 6.91. The van der Waals surface area contributed by atoms with E-state index in [4.69, 9.17) is 9.47 Å². The lowest BCUT2D eigenvalue weighted by Crippen LogP contribution is -2.80. The second-order valence-electron chi connectivity index (χ2n) is 5.49. The minimum absolute atomic E-state index is 0.0435. The molecule has 0 N–H and O–H groups in total. The first kappa shape index (κ1) is 13.9. The predicted molar refractivity (Wildman–Crippen MR) is 75.1 cm³/mol. The molecule has 3 rings (SSSR count). The molecule has 2 saturated heterocycles. The largest absolute Gasteiger partial charge is 0.464 e. The maximum Gasteiger partial charge on any atom is 0.329 e. The summed E-state index contributed by atoms with van der Waals surface area (Å²) in [6.07, 6.45) is 1.98. The van der Waals surface area contributed by atoms with Gasteiger partial charge in [0.15, 0.2) is 0 Å². The molecule has 4 atom stereocenters. The summed E-state index contributed by atoms with van der Waals surface area (Å²) >= 11 is 1.76. The van der Waals surface area contributed by atoms with E-state index < -0.39 is 6.04 Å². The molecule has 110 valence electrons. The summed E-state index contributed by atoms with van der Waals surface area (Å²) in [6, 6.07) is -0.458. The molecule has 1 aliphatic carbocycles. The van der Waals surface area contributed by atoms with Gasteiger partial charge in [0.05, 0.1) is 19.1 Å². The van der Waals surface area contributed by atoms with Crippen molar-refractivity contribution in [2.75, 3.05) is 26.1 Å². The highest BCUT2D eigenvalue weighted by atomic mass is 32.2. The highest BCUT2D eigenvalue weighted by molar-refractivity contribution is 8.01. The molecule has 2 heterocycles. The molecule has 1 amide bonds. The SMILES string of the molecule is CCOC(=O)[C@@H]1[C@H](C)CSC23C(COC)=CC2C(=O)N13. The molecule has 6 heteroatoms. The van der Waals surface area contributed by atoms with Crippen molar-refractivity contribution in [3.63, 3.8) is 0 Å². The highest BCUT2D eigenvalue weighted by Crippen LogP contribution is 2.62. The predicted octanol–water partition coefficient (Wildman–Crippen LogP) is 1.04. The van der Waals surface area contributed by atoms with Crippen molar-refractivity contribution < 1.29 is 19.1 Å². The topological polar surface area (TPSA) is 55.8 Å². The third kappa shape index (κ3) is 1.55. The maximum absolute atomic E-state index is 12.3. The molecule has 5 nitrogen and oxygen atoms in total. The van der Waals surface area contributed by atoms with Crippen LogP contribution in [-0.4, -0.2) is 53.8 Å². The van der Waals surface area contributed by atoms with Crippen LogP contribution in [0.3, 0.4) is 0 Å². The van der Waals surface area contributed by atoms with Crippen molar-refractivity contribution in [1.82, 2.24) is 4.90 Å². The number of carbonyl (C=O) groups is 2. The highest BCUT2D eigenvalue weighted by Gasteiger charge is 2.71. The Hall–Kier alpha value is -1.01. The summed E-state index contributed by atoms with van der Waals surface area (Å²) in [5.41, 5.74) is 1.11. The Labute approximate surface area is 122 Å². The van der Waals surface area contributed by atoms with Gasteiger partial charge in [-0.15, -0.1) is 11.8 Å². The minimum Gasteiger partial charge on any atom is -0.464 e. The molecule has 3 aliphatic rings. The Morgan fingerprint density at radius 1 is 1.60 bits per heavy atom. The Morgan fingerprint density at radius 3 is 3.00 bits per heavy atom. The summed E-state index contributed by atoms with van der Waals surface area (Å²) in [5.74, 6) is 0.642. The first-order chi connectivity index (χ1) is 9.57. The van der Waals surface area contributed by atoms with Crippen molar-refractivity contribution in [1.29, 1.82) is 0 Å². The minimum atomic E-state index is -0.458. The fourth-order valence-corrected chi connectivity index (χ4v) is 5.10. The average Bonchev–Trinajstić information content (AvgIpc) is 2.42. The van der Waals surface area contributed by atoms with Gasteiger partial charge in [-0.1, -0.05) is 13.0 Å². The molecule has 1 spiro atoms. The molecular weight excluding hydrogens is 278 g/mol. The summed E-state index contributed by atoms with van der Waals surface area (Å²) < 4.78 is 10.4. The number of ether oxygens (including phenoxy) is 2. The lowest BCUT2D eigenvalue weighted by Gasteiger charge is -2.67. The number of hydrogen-bond donors (Lipinski definition) is 0. The van der Waals surface area contributed by atoms with Crippen LogP contribution < -0.4 is 0 Å². The smallest absolute Gasteiger partial charge is 0.329 e. The normalized spacial score (nSPS) is 38.1. The maximum atomic E-state index is 12.3. The Morgan fingerprint density at radius 2 is 2.35 bits per heavy atom. The fourth-order valence-electron chi connectivity index (χ4n) is 3.40. The molecule has 2 fully saturated rings. The van der Waals surface area contributed by atoms with E-state index >= 15 is 0 Å². The number of thioether (sulfide) groups is 1. The number of amides is 1. The van der Waals surface area contributed by atoms with Gasteiger partial charge in [-0.25, -0.2) is 4.79 Å². The third-order valence-electron chi connectivity index (χ3n) is 4.32. The van der Waals surface area contributed by atoms with Crippen LogP contribution in [0, 0.1) is 11.8 Å². The number of carbonyl (C=O) groups excluding carboxylic acids is 2. The number of rotatable bonds is 4. The Balaban J connectivity index is 1.89. The lowest BCUT2D eigenvalue weighted by molar-refractivity contribution is -0.177. The zero-order chi connectivity index (χ0) is 14.5. The van der Waals surface area contributed by atoms with E-state index in [0.717, 1.165) is 11.3 Å². The first-order valence-corrected chi connectivity index (χ1v) is 7.90. The fraction of sp³-hybridized carbons (Fsp3) is 0.714. The number of β-lactam (4-membered cyclic amide) rings is 1. The van der Waals surface area contributed by atoms with Gasteiger partial charge in [-0.05, 0) is 18.4 Å². The zero-order valence-corrected chi connectivity index (χ0v) is 12.7. The molecule has 0 aromatic heterocycles. The van der Waals surface area contributed by atoms with Crippen LogP contribution in [0.25, 0.3) is 0 Å². The van der Waals surface area contributed by atoms with Gasteiger partial charge >= 0.3 is 5.97 Å². The van der Waals surface area contributed by atoms with Crippen LogP contribution in [0.5, 0.6) is 0 Å². The van der Waals surface area contributed by atoms with Crippen molar-refractivity contribution >= 4 is 23.6 Å². The van der Waals surface area contributed by atoms with Crippen LogP contribution in [0.15, 0.2) is 11.6 Å². The van der Waals surface area contributed by atoms with Crippen molar-refractivity contribution in [2.45, 2.75) is 24.8 Å². The van der Waals surface area contributed by atoms with Gasteiger partial charge in [0.25, 0.3) is 0 Å². The Kier molecular flexibility index (Phi) is 3.33. The zero-order valence-electron chi connectivity index (χ0n) is 11.9. The molecule has 0 bridgehead atoms. The Bertz CT molecular complexity index is 492. The van der Waals surface area contributed by atoms with Crippen LogP contribution in [0.4, 0.5) is 0 Å². The van der Waals surface area contributed by atoms with E-state index in [2.05, 4.69) is 0 Å². The molecule has 2 aliphatic heterocycles. The van der Waals surface area contributed by atoms with E-state index in [1.54, 1.807) is 30.7 Å². The van der Waals surface area contributed by atoms with Crippen LogP contribution in [0.1, 0.15) is 13.8 Å². The van der Waals surface area contributed by atoms with Crippen LogP contribution >= 0.6 is 11.8 Å². The van der Waals surface area contributed by atoms with E-state index in [1.807, 2.05) is 13.0 Å². The molecule has 0 radical (unpaired) electrons. The van der Waals surface area contributed by atoms with Crippen LogP contribution in [-0.2, 0) is 19.1 Å². The van der Waals surface area contributed by atoms with Gasteiger partial charge < -0.3 is 14.4 Å². The van der Waals surface area contributed by atoms with E-state index in [1.165, 1.54) is 0 Å². The van der Waals surface area contributed by atoms with Gasteiger partial charge in [0.2, 0.25) is 5.91 Å². The molecule has 2 unspecified atom stereocenters. The van der Waals surface area contributed by atoms with Gasteiger partial charge in [0, 0.05) is 12.9 Å². The van der Waals surface area contributed by atoms with Crippen molar-refractivity contribution in [3.05, 3.63) is 11.6 Å². The second-order valence-corrected chi connectivity index (χ2v) is 6.74. The van der Waals surface area contributed by atoms with E-state index in [9.17, 15) is 9.59 Å². The molecular formula is C14H19NO4S. The average molecular weight is 297 g/mol. The van der Waals surface area contributed by atoms with Gasteiger partial charge in [0.1, 0.15) is 10.9 Å². The van der Waals surface area contributed by atoms with E-state index in [-0.39, 0.29) is 28.6 Å². The standard InChI is InChI=1S/C14H19NO4S/c1-4-19-13(17)11-8(2)7-20-14-9(6-18-3)5-10(14)12(16)15(11)14/h5,8,10-11H,4,6-7H2,1-3H3/t8-,10?,11+,14?/m1/s1. The van der Waals surface area contributed by atoms with Crippen LogP contribution in [0.2, 0.25) is 0 Å².